The lowest BCUT2D eigenvalue weighted by Crippen LogP contribution is -2.14. The van der Waals surface area contributed by atoms with Crippen molar-refractivity contribution in [2.45, 2.75) is 6.42 Å². The third-order valence-corrected chi connectivity index (χ3v) is 1.72. The van der Waals surface area contributed by atoms with Crippen LogP contribution in [0, 0.1) is 0 Å². The van der Waals surface area contributed by atoms with Crippen LogP contribution in [-0.2, 0) is 13.5 Å². The number of aromatic nitrogens is 1. The molecule has 11 heavy (non-hydrogen) atoms. The third kappa shape index (κ3) is 2.09. The number of aryl methyl sites for hydroxylation is 2. The van der Waals surface area contributed by atoms with E-state index in [4.69, 9.17) is 11.6 Å². The Labute approximate surface area is 70.4 Å². The van der Waals surface area contributed by atoms with Crippen molar-refractivity contribution in [3.63, 3.8) is 0 Å². The van der Waals surface area contributed by atoms with Crippen LogP contribution in [0.4, 0.5) is 0 Å². The van der Waals surface area contributed by atoms with Crippen LogP contribution in [0.3, 0.4) is 0 Å². The van der Waals surface area contributed by atoms with Crippen LogP contribution >= 0.6 is 11.6 Å². The standard InChI is InChI=1S/C8H10ClNO/c1-10-6-7(4-5-9)2-3-8(10)11/h2-3,6H,4-5H2,1H3. The normalized spacial score (nSPS) is 10.0. The van der Waals surface area contributed by atoms with E-state index in [0.29, 0.717) is 5.88 Å². The second-order valence-electron chi connectivity index (χ2n) is 2.43. The van der Waals surface area contributed by atoms with Gasteiger partial charge in [0.2, 0.25) is 5.56 Å². The number of pyridine rings is 1. The molecule has 0 atom stereocenters. The Kier molecular flexibility index (Phi) is 2.71. The van der Waals surface area contributed by atoms with Gasteiger partial charge in [0, 0.05) is 25.2 Å². The summed E-state index contributed by atoms with van der Waals surface area (Å²) in [5.74, 6) is 0.595. The van der Waals surface area contributed by atoms with Gasteiger partial charge in [0.25, 0.3) is 0 Å². The van der Waals surface area contributed by atoms with Gasteiger partial charge in [-0.05, 0) is 12.0 Å². The smallest absolute Gasteiger partial charge is 0.250 e. The zero-order valence-corrected chi connectivity index (χ0v) is 7.14. The summed E-state index contributed by atoms with van der Waals surface area (Å²) in [6.07, 6.45) is 2.63. The van der Waals surface area contributed by atoms with Gasteiger partial charge < -0.3 is 4.57 Å². The SMILES string of the molecule is Cn1cc(CCCl)ccc1=O. The Morgan fingerprint density at radius 2 is 2.27 bits per heavy atom. The summed E-state index contributed by atoms with van der Waals surface area (Å²) < 4.78 is 1.56. The van der Waals surface area contributed by atoms with E-state index in [0.717, 1.165) is 12.0 Å². The maximum Gasteiger partial charge on any atom is 0.250 e. The number of hydrogen-bond acceptors (Lipinski definition) is 1. The van der Waals surface area contributed by atoms with Gasteiger partial charge in [-0.3, -0.25) is 4.79 Å². The topological polar surface area (TPSA) is 22.0 Å². The van der Waals surface area contributed by atoms with Crippen molar-refractivity contribution in [1.82, 2.24) is 4.57 Å². The monoisotopic (exact) mass is 171 g/mol. The van der Waals surface area contributed by atoms with Crippen molar-refractivity contribution in [3.05, 3.63) is 34.2 Å². The molecule has 0 bridgehead atoms. The summed E-state index contributed by atoms with van der Waals surface area (Å²) in [7, 11) is 1.74. The minimum atomic E-state index is 0.0170. The lowest BCUT2D eigenvalue weighted by molar-refractivity contribution is 0.842. The van der Waals surface area contributed by atoms with Gasteiger partial charge in [-0.25, -0.2) is 0 Å². The molecule has 0 fully saturated rings. The van der Waals surface area contributed by atoms with Crippen molar-refractivity contribution in [3.8, 4) is 0 Å². The van der Waals surface area contributed by atoms with Gasteiger partial charge in [-0.15, -0.1) is 11.6 Å². The molecular formula is C8H10ClNO. The van der Waals surface area contributed by atoms with Crippen molar-refractivity contribution < 1.29 is 0 Å². The number of alkyl halides is 1. The molecule has 0 N–H and O–H groups in total. The van der Waals surface area contributed by atoms with Gasteiger partial charge in [0.15, 0.2) is 0 Å². The molecule has 3 heteroatoms. The van der Waals surface area contributed by atoms with Crippen molar-refractivity contribution in [1.29, 1.82) is 0 Å². The first-order chi connectivity index (χ1) is 5.24. The highest BCUT2D eigenvalue weighted by Gasteiger charge is 1.93. The van der Waals surface area contributed by atoms with E-state index in [-0.39, 0.29) is 5.56 Å². The Morgan fingerprint density at radius 1 is 1.55 bits per heavy atom. The van der Waals surface area contributed by atoms with Gasteiger partial charge in [0.05, 0.1) is 0 Å². The minimum Gasteiger partial charge on any atom is -0.318 e. The molecule has 60 valence electrons. The molecule has 0 spiro atoms. The molecule has 1 aromatic rings. The fourth-order valence-electron chi connectivity index (χ4n) is 0.908. The number of hydrogen-bond donors (Lipinski definition) is 0. The van der Waals surface area contributed by atoms with E-state index in [9.17, 15) is 4.79 Å². The zero-order valence-electron chi connectivity index (χ0n) is 6.38. The molecule has 0 saturated heterocycles. The fraction of sp³-hybridized carbons (Fsp3) is 0.375. The summed E-state index contributed by atoms with van der Waals surface area (Å²) in [5, 5.41) is 0. The fourth-order valence-corrected chi connectivity index (χ4v) is 1.13. The minimum absolute atomic E-state index is 0.0170. The molecule has 1 rings (SSSR count). The Bertz CT molecular complexity index is 292. The van der Waals surface area contributed by atoms with E-state index in [1.807, 2.05) is 12.3 Å². The van der Waals surface area contributed by atoms with Crippen LogP contribution in [0.1, 0.15) is 5.56 Å². The molecule has 1 heterocycles. The predicted molar refractivity (Wildman–Crippen MR) is 46.1 cm³/mol. The van der Waals surface area contributed by atoms with Crippen LogP contribution in [0.15, 0.2) is 23.1 Å². The predicted octanol–water partition coefficient (Wildman–Crippen LogP) is 1.17. The van der Waals surface area contributed by atoms with Crippen LogP contribution in [0.25, 0.3) is 0 Å². The summed E-state index contributed by atoms with van der Waals surface area (Å²) >= 11 is 5.54. The summed E-state index contributed by atoms with van der Waals surface area (Å²) in [6, 6.07) is 3.37. The highest BCUT2D eigenvalue weighted by atomic mass is 35.5. The molecule has 0 aliphatic heterocycles. The molecule has 0 amide bonds. The Balaban J connectivity index is 2.96. The Morgan fingerprint density at radius 3 is 2.82 bits per heavy atom. The first-order valence-electron chi connectivity index (χ1n) is 3.45. The molecule has 2 nitrogen and oxygen atoms in total. The molecule has 0 radical (unpaired) electrons. The summed E-state index contributed by atoms with van der Waals surface area (Å²) in [4.78, 5) is 10.9. The van der Waals surface area contributed by atoms with Crippen LogP contribution in [0.2, 0.25) is 0 Å². The van der Waals surface area contributed by atoms with Crippen LogP contribution in [0.5, 0.6) is 0 Å². The van der Waals surface area contributed by atoms with Gasteiger partial charge in [-0.2, -0.15) is 0 Å². The number of rotatable bonds is 2. The highest BCUT2D eigenvalue weighted by Crippen LogP contribution is 1.97. The maximum atomic E-state index is 10.9. The third-order valence-electron chi connectivity index (χ3n) is 1.53. The largest absolute Gasteiger partial charge is 0.318 e. The van der Waals surface area contributed by atoms with Crippen molar-refractivity contribution in [2.24, 2.45) is 7.05 Å². The lowest BCUT2D eigenvalue weighted by atomic mass is 10.2. The number of halogens is 1. The first kappa shape index (κ1) is 8.34. The molecule has 0 aliphatic carbocycles. The van der Waals surface area contributed by atoms with E-state index in [2.05, 4.69) is 0 Å². The lowest BCUT2D eigenvalue weighted by Gasteiger charge is -1.99. The quantitative estimate of drug-likeness (QED) is 0.613. The van der Waals surface area contributed by atoms with Crippen molar-refractivity contribution >= 4 is 11.6 Å². The Hall–Kier alpha value is -0.760. The highest BCUT2D eigenvalue weighted by molar-refractivity contribution is 6.17. The first-order valence-corrected chi connectivity index (χ1v) is 3.99. The van der Waals surface area contributed by atoms with E-state index in [1.54, 1.807) is 17.7 Å². The van der Waals surface area contributed by atoms with Gasteiger partial charge >= 0.3 is 0 Å². The van der Waals surface area contributed by atoms with Gasteiger partial charge in [0.1, 0.15) is 0 Å². The van der Waals surface area contributed by atoms with E-state index < -0.39 is 0 Å². The average Bonchev–Trinajstić information content (AvgIpc) is 1.98. The molecule has 0 saturated carbocycles. The number of nitrogens with zero attached hydrogens (tertiary/aromatic N) is 1. The van der Waals surface area contributed by atoms with Crippen molar-refractivity contribution in [2.75, 3.05) is 5.88 Å². The molecule has 0 unspecified atom stereocenters. The van der Waals surface area contributed by atoms with E-state index >= 15 is 0 Å². The maximum absolute atomic E-state index is 10.9. The molecule has 0 aromatic carbocycles. The van der Waals surface area contributed by atoms with E-state index in [1.165, 1.54) is 0 Å². The average molecular weight is 172 g/mol. The molecule has 1 aromatic heterocycles. The second-order valence-corrected chi connectivity index (χ2v) is 2.80. The summed E-state index contributed by atoms with van der Waals surface area (Å²) in [5.41, 5.74) is 1.12. The van der Waals surface area contributed by atoms with Gasteiger partial charge in [-0.1, -0.05) is 6.07 Å². The van der Waals surface area contributed by atoms with Crippen LogP contribution < -0.4 is 5.56 Å². The molecular weight excluding hydrogens is 162 g/mol. The second kappa shape index (κ2) is 3.58. The summed E-state index contributed by atoms with van der Waals surface area (Å²) in [6.45, 7) is 0. The zero-order chi connectivity index (χ0) is 8.27. The molecule has 0 aliphatic rings. The van der Waals surface area contributed by atoms with Crippen LogP contribution in [-0.4, -0.2) is 10.4 Å².